The minimum absolute atomic E-state index is 0.0213. The Morgan fingerprint density at radius 3 is 2.31 bits per heavy atom. The second kappa shape index (κ2) is 13.2. The molecular weight excluding hydrogens is 424 g/mol. The first-order valence-corrected chi connectivity index (χ1v) is 12.2. The largest absolute Gasteiger partial charge is 0.494 e. The number of rotatable bonds is 13. The number of thiazole rings is 1. The fraction of sp³-hybridized carbons (Fsp3) is 0.542. The van der Waals surface area contributed by atoms with Gasteiger partial charge in [0.2, 0.25) is 5.91 Å². The normalized spacial score (nSPS) is 10.9. The molecular formula is C24H36N4O3S. The number of likely N-dealkylation sites (N-methyl/N-ethyl adjacent to an activating group) is 1. The molecule has 1 N–H and O–H groups in total. The molecule has 0 aliphatic heterocycles. The van der Waals surface area contributed by atoms with Gasteiger partial charge in [0.15, 0.2) is 5.13 Å². The smallest absolute Gasteiger partial charge is 0.254 e. The molecule has 0 saturated heterocycles. The summed E-state index contributed by atoms with van der Waals surface area (Å²) < 4.78 is 5.69. The van der Waals surface area contributed by atoms with Crippen molar-refractivity contribution in [1.29, 1.82) is 0 Å². The lowest BCUT2D eigenvalue weighted by atomic mass is 10.2. The molecule has 1 aromatic carbocycles. The maximum absolute atomic E-state index is 13.2. The molecule has 2 rings (SSSR count). The number of aromatic nitrogens is 1. The molecule has 7 nitrogen and oxygen atoms in total. The third kappa shape index (κ3) is 7.91. The van der Waals surface area contributed by atoms with E-state index in [1.165, 1.54) is 11.3 Å². The van der Waals surface area contributed by atoms with Crippen molar-refractivity contribution in [3.05, 3.63) is 40.4 Å². The molecule has 8 heteroatoms. The summed E-state index contributed by atoms with van der Waals surface area (Å²) in [7, 11) is 0. The summed E-state index contributed by atoms with van der Waals surface area (Å²) in [5.74, 6) is 0.335. The standard InChI is InChI=1S/C24H36N4O3S/c1-6-9-16-31-21-12-10-20(11-13-21)23(30)28(15-14-27(7-2)8-3)17-22(29)26-24-25-18(4)19(5)32-24/h10-13H,6-9,14-17H2,1-5H3,(H,25,26,29). The second-order valence-electron chi connectivity index (χ2n) is 7.69. The molecule has 0 saturated carbocycles. The van der Waals surface area contributed by atoms with Gasteiger partial charge in [0.1, 0.15) is 12.3 Å². The molecule has 0 atom stereocenters. The zero-order valence-corrected chi connectivity index (χ0v) is 20.8. The number of aryl methyl sites for hydroxylation is 2. The van der Waals surface area contributed by atoms with Gasteiger partial charge in [0.05, 0.1) is 12.3 Å². The number of nitrogens with one attached hydrogen (secondary N) is 1. The van der Waals surface area contributed by atoms with E-state index in [4.69, 9.17) is 4.74 Å². The van der Waals surface area contributed by atoms with Crippen LogP contribution in [0.1, 0.15) is 54.5 Å². The van der Waals surface area contributed by atoms with Gasteiger partial charge in [-0.15, -0.1) is 11.3 Å². The molecule has 2 aromatic rings. The number of ether oxygens (including phenoxy) is 1. The summed E-state index contributed by atoms with van der Waals surface area (Å²) in [4.78, 5) is 35.2. The van der Waals surface area contributed by atoms with Crippen LogP contribution in [0.25, 0.3) is 0 Å². The third-order valence-electron chi connectivity index (χ3n) is 5.35. The fourth-order valence-corrected chi connectivity index (χ4v) is 3.95. The van der Waals surface area contributed by atoms with Crippen molar-refractivity contribution in [3.8, 4) is 5.75 Å². The fourth-order valence-electron chi connectivity index (χ4n) is 3.12. The number of hydrogen-bond acceptors (Lipinski definition) is 6. The average Bonchev–Trinajstić information content (AvgIpc) is 3.10. The van der Waals surface area contributed by atoms with Crippen LogP contribution in [0.5, 0.6) is 5.75 Å². The van der Waals surface area contributed by atoms with Gasteiger partial charge in [-0.3, -0.25) is 9.59 Å². The molecule has 1 heterocycles. The quantitative estimate of drug-likeness (QED) is 0.450. The predicted molar refractivity (Wildman–Crippen MR) is 131 cm³/mol. The van der Waals surface area contributed by atoms with Gasteiger partial charge >= 0.3 is 0 Å². The Labute approximate surface area is 195 Å². The highest BCUT2D eigenvalue weighted by molar-refractivity contribution is 7.15. The number of carbonyl (C=O) groups is 2. The molecule has 0 unspecified atom stereocenters. The van der Waals surface area contributed by atoms with E-state index in [-0.39, 0.29) is 18.4 Å². The number of benzene rings is 1. The van der Waals surface area contributed by atoms with E-state index in [0.717, 1.165) is 42.3 Å². The lowest BCUT2D eigenvalue weighted by Gasteiger charge is -2.26. The summed E-state index contributed by atoms with van der Waals surface area (Å²) in [5, 5.41) is 3.40. The van der Waals surface area contributed by atoms with E-state index >= 15 is 0 Å². The molecule has 0 bridgehead atoms. The predicted octanol–water partition coefficient (Wildman–Crippen LogP) is 4.36. The van der Waals surface area contributed by atoms with E-state index in [0.29, 0.717) is 30.4 Å². The maximum Gasteiger partial charge on any atom is 0.254 e. The van der Waals surface area contributed by atoms with E-state index in [2.05, 4.69) is 36.0 Å². The summed E-state index contributed by atoms with van der Waals surface area (Å²) in [5.41, 5.74) is 1.45. The molecule has 1 aromatic heterocycles. The van der Waals surface area contributed by atoms with E-state index < -0.39 is 0 Å². The monoisotopic (exact) mass is 460 g/mol. The topological polar surface area (TPSA) is 74.8 Å². The van der Waals surface area contributed by atoms with Crippen molar-refractivity contribution in [2.75, 3.05) is 44.6 Å². The Kier molecular flexibility index (Phi) is 10.6. The SMILES string of the molecule is CCCCOc1ccc(C(=O)N(CCN(CC)CC)CC(=O)Nc2nc(C)c(C)s2)cc1. The van der Waals surface area contributed by atoms with E-state index in [9.17, 15) is 9.59 Å². The highest BCUT2D eigenvalue weighted by Gasteiger charge is 2.20. The van der Waals surface area contributed by atoms with Gasteiger partial charge in [-0.05, 0) is 57.6 Å². The lowest BCUT2D eigenvalue weighted by molar-refractivity contribution is -0.116. The van der Waals surface area contributed by atoms with Crippen LogP contribution >= 0.6 is 11.3 Å². The van der Waals surface area contributed by atoms with Gasteiger partial charge in [0.25, 0.3) is 5.91 Å². The van der Waals surface area contributed by atoms with Crippen LogP contribution in [0.3, 0.4) is 0 Å². The summed E-state index contributed by atoms with van der Waals surface area (Å²) in [6.45, 7) is 13.8. The number of anilines is 1. The van der Waals surface area contributed by atoms with Crippen LogP contribution in [0, 0.1) is 13.8 Å². The van der Waals surface area contributed by atoms with Crippen molar-refractivity contribution >= 4 is 28.3 Å². The van der Waals surface area contributed by atoms with Gasteiger partial charge in [0, 0.05) is 23.5 Å². The minimum Gasteiger partial charge on any atom is -0.494 e. The zero-order valence-electron chi connectivity index (χ0n) is 19.9. The second-order valence-corrected chi connectivity index (χ2v) is 8.89. The van der Waals surface area contributed by atoms with Crippen LogP contribution in [0.4, 0.5) is 5.13 Å². The van der Waals surface area contributed by atoms with Crippen LogP contribution < -0.4 is 10.1 Å². The molecule has 0 aliphatic carbocycles. The van der Waals surface area contributed by atoms with Crippen LogP contribution in [0.2, 0.25) is 0 Å². The molecule has 0 aliphatic rings. The molecule has 176 valence electrons. The van der Waals surface area contributed by atoms with Crippen molar-refractivity contribution in [1.82, 2.24) is 14.8 Å². The third-order valence-corrected chi connectivity index (χ3v) is 6.33. The Morgan fingerprint density at radius 1 is 1.06 bits per heavy atom. The van der Waals surface area contributed by atoms with Crippen LogP contribution in [-0.2, 0) is 4.79 Å². The highest BCUT2D eigenvalue weighted by atomic mass is 32.1. The average molecular weight is 461 g/mol. The Hall–Kier alpha value is -2.45. The summed E-state index contributed by atoms with van der Waals surface area (Å²) >= 11 is 1.44. The summed E-state index contributed by atoms with van der Waals surface area (Å²) in [6, 6.07) is 7.15. The van der Waals surface area contributed by atoms with Crippen molar-refractivity contribution in [2.24, 2.45) is 0 Å². The first-order chi connectivity index (χ1) is 15.4. The molecule has 0 spiro atoms. The Balaban J connectivity index is 2.08. The molecule has 32 heavy (non-hydrogen) atoms. The first-order valence-electron chi connectivity index (χ1n) is 11.4. The van der Waals surface area contributed by atoms with Gasteiger partial charge in [-0.1, -0.05) is 27.2 Å². The maximum atomic E-state index is 13.2. The number of nitrogens with zero attached hydrogens (tertiary/aromatic N) is 3. The van der Waals surface area contributed by atoms with Crippen molar-refractivity contribution in [3.63, 3.8) is 0 Å². The van der Waals surface area contributed by atoms with E-state index in [1.807, 2.05) is 26.0 Å². The number of hydrogen-bond donors (Lipinski definition) is 1. The van der Waals surface area contributed by atoms with Gasteiger partial charge in [-0.2, -0.15) is 0 Å². The minimum atomic E-state index is -0.244. The highest BCUT2D eigenvalue weighted by Crippen LogP contribution is 2.21. The van der Waals surface area contributed by atoms with Gasteiger partial charge < -0.3 is 19.9 Å². The Morgan fingerprint density at radius 2 is 1.75 bits per heavy atom. The number of unbranched alkanes of at least 4 members (excludes halogenated alkanes) is 1. The van der Waals surface area contributed by atoms with Crippen LogP contribution in [-0.4, -0.2) is 65.9 Å². The van der Waals surface area contributed by atoms with Crippen LogP contribution in [0.15, 0.2) is 24.3 Å². The first kappa shape index (κ1) is 25.8. The number of amides is 2. The summed E-state index contributed by atoms with van der Waals surface area (Å²) in [6.07, 6.45) is 2.06. The lowest BCUT2D eigenvalue weighted by Crippen LogP contribution is -2.42. The van der Waals surface area contributed by atoms with Crippen molar-refractivity contribution in [2.45, 2.75) is 47.5 Å². The number of carbonyl (C=O) groups excluding carboxylic acids is 2. The molecule has 0 fully saturated rings. The van der Waals surface area contributed by atoms with Gasteiger partial charge in [-0.25, -0.2) is 4.98 Å². The molecule has 2 amide bonds. The zero-order chi connectivity index (χ0) is 23.5. The van der Waals surface area contributed by atoms with Crippen molar-refractivity contribution < 1.29 is 14.3 Å². The van der Waals surface area contributed by atoms with E-state index in [1.54, 1.807) is 17.0 Å². The Bertz CT molecular complexity index is 843. The molecule has 0 radical (unpaired) electrons.